The number of amides is 6. The number of nitrogens with one attached hydrogen (secondary N) is 6. The van der Waals surface area contributed by atoms with Crippen LogP contribution in [0.5, 0.6) is 0 Å². The van der Waals surface area contributed by atoms with Crippen LogP contribution in [0.25, 0.3) is 0 Å². The third-order valence-electron chi connectivity index (χ3n) is 10.6. The summed E-state index contributed by atoms with van der Waals surface area (Å²) in [5.74, 6) is 6.65. The number of carbonyl (C=O) groups is 10. The van der Waals surface area contributed by atoms with Gasteiger partial charge in [-0.15, -0.1) is 0 Å². The number of nitrogens with zero attached hydrogens (tertiary/aromatic N) is 3. The van der Waals surface area contributed by atoms with Crippen LogP contribution >= 0.6 is 0 Å². The molecule has 2 atom stereocenters. The Morgan fingerprint density at radius 3 is 1.00 bits per heavy atom. The summed E-state index contributed by atoms with van der Waals surface area (Å²) < 4.78 is 20.5. The van der Waals surface area contributed by atoms with E-state index in [0.717, 1.165) is 0 Å². The van der Waals surface area contributed by atoms with Gasteiger partial charge in [0.15, 0.2) is 11.2 Å². The number of esters is 4. The van der Waals surface area contributed by atoms with Crippen LogP contribution in [0.2, 0.25) is 0 Å². The molecule has 0 aliphatic rings. The SMILES string of the molecule is C/C(CCC(=O)OCCCOC(=O)CC/C(C)=N/NC(=O)CC(O)(CC(=O)N/N=C(\C)CCC(=O)OCCCOC(=O)CCC(C)(C)C(C)(C)N)C(=O)NN)=N\NC(=O)CC(O)(CC(=O)NN)C(=O)NN. The molecule has 0 aromatic rings. The van der Waals surface area contributed by atoms with E-state index < -0.39 is 95.8 Å². The molecule has 0 saturated heterocycles. The quantitative estimate of drug-likeness (QED) is 0.00593. The summed E-state index contributed by atoms with van der Waals surface area (Å²) in [5.41, 5.74) is 12.5. The molecule has 0 fully saturated rings. The summed E-state index contributed by atoms with van der Waals surface area (Å²) in [7, 11) is 0. The Kier molecular flexibility index (Phi) is 29.4. The van der Waals surface area contributed by atoms with Crippen LogP contribution < -0.4 is 55.8 Å². The average Bonchev–Trinajstić information content (AvgIpc) is 3.30. The average molecular weight is 1020 g/mol. The first kappa shape index (κ1) is 64.5. The fraction of sp³-hybridized carbons (Fsp3) is 0.690. The zero-order valence-corrected chi connectivity index (χ0v) is 41.5. The second-order valence-electron chi connectivity index (χ2n) is 17.6. The van der Waals surface area contributed by atoms with E-state index >= 15 is 0 Å². The summed E-state index contributed by atoms with van der Waals surface area (Å²) in [6.07, 6.45) is -2.69. The number of hydrazone groups is 3. The number of ether oxygens (including phenoxy) is 4. The number of hydrogen-bond donors (Lipinski definition) is 12. The molecule has 0 aromatic carbocycles. The van der Waals surface area contributed by atoms with Crippen molar-refractivity contribution in [3.63, 3.8) is 0 Å². The van der Waals surface area contributed by atoms with Gasteiger partial charge >= 0.3 is 23.9 Å². The van der Waals surface area contributed by atoms with Crippen molar-refractivity contribution in [2.24, 2.45) is 44.0 Å². The first-order valence-electron chi connectivity index (χ1n) is 22.4. The lowest BCUT2D eigenvalue weighted by molar-refractivity contribution is -0.149. The van der Waals surface area contributed by atoms with Crippen LogP contribution in [0.4, 0.5) is 0 Å². The van der Waals surface area contributed by atoms with Gasteiger partial charge in [-0.3, -0.25) is 64.2 Å². The van der Waals surface area contributed by atoms with E-state index in [-0.39, 0.29) is 107 Å². The second-order valence-corrected chi connectivity index (χ2v) is 17.6. The minimum absolute atomic E-state index is 0.0117. The number of aliphatic hydroxyl groups is 2. The Labute approximate surface area is 411 Å². The van der Waals surface area contributed by atoms with Crippen LogP contribution in [0.15, 0.2) is 15.3 Å². The maximum absolute atomic E-state index is 12.6. The van der Waals surface area contributed by atoms with Crippen molar-refractivity contribution in [3.8, 4) is 0 Å². The number of carbonyl (C=O) groups excluding carboxylic acids is 10. The molecule has 29 nitrogen and oxygen atoms in total. The van der Waals surface area contributed by atoms with Gasteiger partial charge in [0.25, 0.3) is 11.8 Å². The molecule has 0 aromatic heterocycles. The second kappa shape index (κ2) is 32.4. The van der Waals surface area contributed by atoms with Crippen LogP contribution in [-0.4, -0.2) is 130 Å². The molecule has 71 heavy (non-hydrogen) atoms. The summed E-state index contributed by atoms with van der Waals surface area (Å²) in [6.45, 7) is 12.1. The lowest BCUT2D eigenvalue weighted by Gasteiger charge is -2.38. The Bertz CT molecular complexity index is 1950. The van der Waals surface area contributed by atoms with Crippen molar-refractivity contribution in [2.75, 3.05) is 26.4 Å². The standard InChI is InChI=1S/C42H73N13O16/c1-26(50-53-30(57)23-41(66,37(64)48-45)22-29(56)47-44)10-13-33(60)68-18-8-19-69-34(61)14-11-27(2)51-54-31(58)24-42(67,38(65)49-46)25-32(59)55-52-28(3)12-15-35(62)70-20-9-21-71-36(63)16-17-39(4,5)40(6,7)43/h66-67H,8-25,43-46H2,1-7H3,(H,47,56)(H,48,64)(H,49,65)(H,53,57)(H,54,58)(H,55,59)/b50-26+,51-27+,52-28+. The van der Waals surface area contributed by atoms with E-state index in [1.165, 1.54) is 20.8 Å². The third-order valence-corrected chi connectivity index (χ3v) is 10.6. The third kappa shape index (κ3) is 28.0. The fourth-order valence-electron chi connectivity index (χ4n) is 5.32. The molecule has 2 unspecified atom stereocenters. The number of nitrogens with two attached hydrogens (primary N) is 4. The van der Waals surface area contributed by atoms with Crippen LogP contribution in [0, 0.1) is 5.41 Å². The molecule has 0 aliphatic heterocycles. The first-order valence-corrected chi connectivity index (χ1v) is 22.4. The van der Waals surface area contributed by atoms with E-state index in [2.05, 4.69) is 31.6 Å². The molecular weight excluding hydrogens is 943 g/mol. The van der Waals surface area contributed by atoms with E-state index in [1.54, 1.807) is 16.3 Å². The minimum Gasteiger partial charge on any atom is -0.466 e. The van der Waals surface area contributed by atoms with Gasteiger partial charge in [0.2, 0.25) is 23.6 Å². The zero-order chi connectivity index (χ0) is 54.4. The molecular formula is C42H73N13O16. The molecule has 0 bridgehead atoms. The number of hydrazine groups is 3. The van der Waals surface area contributed by atoms with Crippen molar-refractivity contribution < 1.29 is 77.1 Å². The van der Waals surface area contributed by atoms with E-state index in [4.69, 9.17) is 42.2 Å². The number of rotatable bonds is 34. The van der Waals surface area contributed by atoms with Crippen LogP contribution in [-0.2, 0) is 66.9 Å². The van der Waals surface area contributed by atoms with Gasteiger partial charge in [0, 0.05) is 41.9 Å². The van der Waals surface area contributed by atoms with Gasteiger partial charge in [0.1, 0.15) is 0 Å². The van der Waals surface area contributed by atoms with E-state index in [9.17, 15) is 58.2 Å². The van der Waals surface area contributed by atoms with Crippen LogP contribution in [0.1, 0.15) is 138 Å². The van der Waals surface area contributed by atoms with Crippen molar-refractivity contribution in [2.45, 2.75) is 155 Å². The van der Waals surface area contributed by atoms with Gasteiger partial charge in [-0.2, -0.15) is 15.3 Å². The van der Waals surface area contributed by atoms with Gasteiger partial charge in [0.05, 0.1) is 71.4 Å². The summed E-state index contributed by atoms with van der Waals surface area (Å²) in [5, 5.41) is 32.8. The molecule has 6 amide bonds. The highest BCUT2D eigenvalue weighted by Gasteiger charge is 2.41. The topological polar surface area (TPSA) is 461 Å². The molecule has 16 N–H and O–H groups in total. The predicted molar refractivity (Wildman–Crippen MR) is 251 cm³/mol. The molecule has 0 rings (SSSR count). The molecule has 0 spiro atoms. The summed E-state index contributed by atoms with van der Waals surface area (Å²) >= 11 is 0. The molecule has 0 saturated carbocycles. The number of hydrogen-bond acceptors (Lipinski definition) is 23. The fourth-order valence-corrected chi connectivity index (χ4v) is 5.32. The maximum Gasteiger partial charge on any atom is 0.306 e. The van der Waals surface area contributed by atoms with E-state index in [1.807, 2.05) is 27.7 Å². The Hall–Kier alpha value is -6.53. The van der Waals surface area contributed by atoms with Gasteiger partial charge < -0.3 is 34.9 Å². The smallest absolute Gasteiger partial charge is 0.306 e. The Morgan fingerprint density at radius 1 is 0.451 bits per heavy atom. The monoisotopic (exact) mass is 1020 g/mol. The van der Waals surface area contributed by atoms with Crippen molar-refractivity contribution in [1.29, 1.82) is 0 Å². The normalized spacial score (nSPS) is 13.8. The minimum atomic E-state index is -2.63. The summed E-state index contributed by atoms with van der Waals surface area (Å²) in [6, 6.07) is 0. The van der Waals surface area contributed by atoms with Crippen molar-refractivity contribution in [1.82, 2.24) is 32.6 Å². The molecule has 0 heterocycles. The summed E-state index contributed by atoms with van der Waals surface area (Å²) in [4.78, 5) is 122. The van der Waals surface area contributed by atoms with Gasteiger partial charge in [-0.25, -0.2) is 33.8 Å². The lowest BCUT2D eigenvalue weighted by atomic mass is 9.72. The predicted octanol–water partition coefficient (Wildman–Crippen LogP) is -2.71. The highest BCUT2D eigenvalue weighted by molar-refractivity contribution is 5.97. The zero-order valence-electron chi connectivity index (χ0n) is 41.5. The van der Waals surface area contributed by atoms with Crippen molar-refractivity contribution >= 4 is 76.5 Å². The Morgan fingerprint density at radius 2 is 0.732 bits per heavy atom. The maximum atomic E-state index is 12.6. The molecule has 402 valence electrons. The van der Waals surface area contributed by atoms with Gasteiger partial charge in [-0.1, -0.05) is 13.8 Å². The van der Waals surface area contributed by atoms with Gasteiger partial charge in [-0.05, 0) is 65.7 Å². The highest BCUT2D eigenvalue weighted by atomic mass is 16.6. The first-order chi connectivity index (χ1) is 33.0. The molecule has 29 heteroatoms. The highest BCUT2D eigenvalue weighted by Crippen LogP contribution is 2.33. The lowest BCUT2D eigenvalue weighted by Crippen LogP contribution is -2.54. The molecule has 0 radical (unpaired) electrons. The Balaban J connectivity index is 4.62. The molecule has 0 aliphatic carbocycles. The van der Waals surface area contributed by atoms with E-state index in [0.29, 0.717) is 12.1 Å². The largest absolute Gasteiger partial charge is 0.466 e. The van der Waals surface area contributed by atoms with Crippen LogP contribution in [0.3, 0.4) is 0 Å². The van der Waals surface area contributed by atoms with Crippen molar-refractivity contribution in [3.05, 3.63) is 0 Å².